The summed E-state index contributed by atoms with van der Waals surface area (Å²) in [6.45, 7) is 16.1. The molecule has 242 valence electrons. The molecule has 0 aliphatic rings. The Balaban J connectivity index is 1.43. The van der Waals surface area contributed by atoms with Crippen molar-refractivity contribution in [1.29, 1.82) is 0 Å². The van der Waals surface area contributed by atoms with Crippen LogP contribution in [0.3, 0.4) is 0 Å². The minimum absolute atomic E-state index is 0.371. The van der Waals surface area contributed by atoms with E-state index < -0.39 is 11.2 Å². The zero-order valence-corrected chi connectivity index (χ0v) is 27.6. The van der Waals surface area contributed by atoms with Crippen LogP contribution >= 0.6 is 0 Å². The normalized spacial score (nSPS) is 12.0. The summed E-state index contributed by atoms with van der Waals surface area (Å²) in [7, 11) is 0. The van der Waals surface area contributed by atoms with Crippen molar-refractivity contribution in [3.05, 3.63) is 48.5 Å². The molecular weight excluding hydrogens is 554 g/mol. The number of carbonyl (C=O) groups excluding carboxylic acids is 2. The van der Waals surface area contributed by atoms with Crippen LogP contribution in [-0.2, 0) is 9.47 Å². The van der Waals surface area contributed by atoms with Crippen molar-refractivity contribution in [3.8, 4) is 0 Å². The smallest absolute Gasteiger partial charge is 0.407 e. The number of amides is 2. The first-order valence-electron chi connectivity index (χ1n) is 16.1. The molecule has 9 nitrogen and oxygen atoms in total. The summed E-state index contributed by atoms with van der Waals surface area (Å²) in [4.78, 5) is 31.2. The number of benzene rings is 2. The monoisotopic (exact) mass is 607 g/mol. The van der Waals surface area contributed by atoms with Gasteiger partial charge in [0.1, 0.15) is 11.2 Å². The van der Waals surface area contributed by atoms with E-state index in [-0.39, 0.29) is 12.2 Å². The Bertz CT molecular complexity index is 1280. The molecule has 0 aliphatic heterocycles. The van der Waals surface area contributed by atoms with Crippen LogP contribution in [0.2, 0.25) is 0 Å². The number of hydrogen-bond acceptors (Lipinski definition) is 7. The van der Waals surface area contributed by atoms with Crippen molar-refractivity contribution < 1.29 is 19.1 Å². The van der Waals surface area contributed by atoms with Crippen LogP contribution in [0, 0.1) is 0 Å². The number of alkyl carbamates (subject to hydrolysis) is 2. The van der Waals surface area contributed by atoms with E-state index in [0.717, 1.165) is 92.2 Å². The van der Waals surface area contributed by atoms with E-state index in [0.29, 0.717) is 13.1 Å². The van der Waals surface area contributed by atoms with Gasteiger partial charge in [-0.25, -0.2) is 14.6 Å². The van der Waals surface area contributed by atoms with Crippen molar-refractivity contribution in [2.75, 3.05) is 44.6 Å². The van der Waals surface area contributed by atoms with Crippen LogP contribution in [0.15, 0.2) is 48.5 Å². The number of pyridine rings is 1. The van der Waals surface area contributed by atoms with Gasteiger partial charge in [-0.15, -0.1) is 0 Å². The first kappa shape index (κ1) is 34.9. The number of hydrogen-bond donors (Lipinski definition) is 3. The number of unbranched alkanes of at least 4 members (excludes halogenated alkanes) is 3. The van der Waals surface area contributed by atoms with Crippen LogP contribution in [0.5, 0.6) is 0 Å². The van der Waals surface area contributed by atoms with Gasteiger partial charge in [-0.05, 0) is 105 Å². The maximum Gasteiger partial charge on any atom is 0.407 e. The van der Waals surface area contributed by atoms with Crippen molar-refractivity contribution in [2.45, 2.75) is 91.3 Å². The van der Waals surface area contributed by atoms with Gasteiger partial charge in [-0.1, -0.05) is 42.8 Å². The number of ether oxygens (including phenoxy) is 2. The molecule has 3 aromatic rings. The molecule has 0 aliphatic carbocycles. The summed E-state index contributed by atoms with van der Waals surface area (Å²) in [6.07, 6.45) is 5.22. The average Bonchev–Trinajstić information content (AvgIpc) is 2.94. The average molecular weight is 608 g/mol. The van der Waals surface area contributed by atoms with Gasteiger partial charge >= 0.3 is 12.2 Å². The fourth-order valence-electron chi connectivity index (χ4n) is 4.99. The van der Waals surface area contributed by atoms with Crippen LogP contribution in [0.1, 0.15) is 80.1 Å². The molecule has 3 rings (SSSR count). The third kappa shape index (κ3) is 13.0. The topological polar surface area (TPSA) is 105 Å². The Kier molecular flexibility index (Phi) is 13.5. The van der Waals surface area contributed by atoms with E-state index in [1.165, 1.54) is 0 Å². The molecule has 0 saturated carbocycles. The van der Waals surface area contributed by atoms with Crippen LogP contribution in [-0.4, -0.2) is 72.5 Å². The summed E-state index contributed by atoms with van der Waals surface area (Å²) in [5, 5.41) is 11.7. The van der Waals surface area contributed by atoms with Gasteiger partial charge in [-0.2, -0.15) is 0 Å². The molecule has 0 bridgehead atoms. The Hall–Kier alpha value is -3.59. The van der Waals surface area contributed by atoms with Gasteiger partial charge in [0.2, 0.25) is 0 Å². The number of aromatic nitrogens is 1. The van der Waals surface area contributed by atoms with Crippen molar-refractivity contribution in [3.63, 3.8) is 0 Å². The molecule has 0 unspecified atom stereocenters. The molecule has 0 fully saturated rings. The molecule has 0 atom stereocenters. The van der Waals surface area contributed by atoms with Crippen LogP contribution < -0.4 is 16.0 Å². The number of para-hydroxylation sites is 2. The molecule has 44 heavy (non-hydrogen) atoms. The Morgan fingerprint density at radius 1 is 0.636 bits per heavy atom. The van der Waals surface area contributed by atoms with Crippen molar-refractivity contribution in [2.24, 2.45) is 0 Å². The van der Waals surface area contributed by atoms with Gasteiger partial charge < -0.3 is 30.3 Å². The summed E-state index contributed by atoms with van der Waals surface area (Å²) >= 11 is 0. The molecule has 2 amide bonds. The lowest BCUT2D eigenvalue weighted by Crippen LogP contribution is -2.35. The minimum atomic E-state index is -0.504. The highest BCUT2D eigenvalue weighted by Gasteiger charge is 2.17. The second-order valence-corrected chi connectivity index (χ2v) is 13.3. The molecule has 3 N–H and O–H groups in total. The number of carbonyl (C=O) groups is 2. The van der Waals surface area contributed by atoms with E-state index in [2.05, 4.69) is 57.2 Å². The molecule has 1 aromatic heterocycles. The number of rotatable bonds is 16. The third-order valence-electron chi connectivity index (χ3n) is 6.93. The fourth-order valence-corrected chi connectivity index (χ4v) is 4.99. The third-order valence-corrected chi connectivity index (χ3v) is 6.93. The number of nitrogens with zero attached hydrogens (tertiary/aromatic N) is 2. The molecule has 2 aromatic carbocycles. The van der Waals surface area contributed by atoms with Crippen molar-refractivity contribution in [1.82, 2.24) is 20.5 Å². The van der Waals surface area contributed by atoms with E-state index in [1.807, 2.05) is 53.7 Å². The highest BCUT2D eigenvalue weighted by Crippen LogP contribution is 2.30. The molecule has 0 radical (unpaired) electrons. The van der Waals surface area contributed by atoms with E-state index >= 15 is 0 Å². The van der Waals surface area contributed by atoms with Crippen LogP contribution in [0.25, 0.3) is 21.8 Å². The second kappa shape index (κ2) is 17.0. The standard InChI is InChI=1S/C35H53N5O4/c1-34(2,3)43-32(41)37-22-13-15-25-40(26-16-23-38-33(42)44-35(4,5)6)24-14-7-12-21-36-31-27-17-8-10-19-29(27)39-30-20-11-9-18-28(30)31/h8-11,17-20H,7,12-16,21-26H2,1-6H3,(H,36,39)(H,37,41)(H,38,42). The summed E-state index contributed by atoms with van der Waals surface area (Å²) in [6, 6.07) is 16.6. The second-order valence-electron chi connectivity index (χ2n) is 13.3. The number of fused-ring (bicyclic) bond motifs is 2. The predicted molar refractivity (Wildman–Crippen MR) is 180 cm³/mol. The number of anilines is 1. The zero-order chi connectivity index (χ0) is 32.0. The molecule has 9 heteroatoms. The Morgan fingerprint density at radius 2 is 1.09 bits per heavy atom. The highest BCUT2D eigenvalue weighted by atomic mass is 16.6. The van der Waals surface area contributed by atoms with E-state index in [9.17, 15) is 9.59 Å². The molecule has 0 saturated heterocycles. The maximum atomic E-state index is 12.0. The van der Waals surface area contributed by atoms with Gasteiger partial charge in [0.25, 0.3) is 0 Å². The highest BCUT2D eigenvalue weighted by molar-refractivity contribution is 6.07. The Morgan fingerprint density at radius 3 is 1.64 bits per heavy atom. The first-order chi connectivity index (χ1) is 20.9. The van der Waals surface area contributed by atoms with Crippen molar-refractivity contribution >= 4 is 39.7 Å². The molecule has 0 spiro atoms. The quantitative estimate of drug-likeness (QED) is 0.114. The summed E-state index contributed by atoms with van der Waals surface area (Å²) in [5.74, 6) is 0. The zero-order valence-electron chi connectivity index (χ0n) is 27.6. The largest absolute Gasteiger partial charge is 0.444 e. The first-order valence-corrected chi connectivity index (χ1v) is 16.1. The van der Waals surface area contributed by atoms with E-state index in [4.69, 9.17) is 14.5 Å². The summed E-state index contributed by atoms with van der Waals surface area (Å²) in [5.41, 5.74) is 2.17. The van der Waals surface area contributed by atoms with Gasteiger partial charge in [0.15, 0.2) is 0 Å². The van der Waals surface area contributed by atoms with Crippen LogP contribution in [0.4, 0.5) is 15.3 Å². The van der Waals surface area contributed by atoms with Gasteiger partial charge in [0.05, 0.1) is 16.7 Å². The van der Waals surface area contributed by atoms with E-state index in [1.54, 1.807) is 0 Å². The SMILES string of the molecule is CC(C)(C)OC(=O)NCCCCN(CCCCCNc1c2ccccc2nc2ccccc12)CCCNC(=O)OC(C)(C)C. The maximum absolute atomic E-state index is 12.0. The fraction of sp³-hybridized carbons (Fsp3) is 0.571. The van der Waals surface area contributed by atoms with Gasteiger partial charge in [-0.3, -0.25) is 0 Å². The summed E-state index contributed by atoms with van der Waals surface area (Å²) < 4.78 is 10.7. The lowest BCUT2D eigenvalue weighted by Gasteiger charge is -2.23. The lowest BCUT2D eigenvalue weighted by atomic mass is 10.1. The molecule has 1 heterocycles. The predicted octanol–water partition coefficient (Wildman–Crippen LogP) is 7.49. The number of nitrogens with one attached hydrogen (secondary N) is 3. The van der Waals surface area contributed by atoms with Gasteiger partial charge in [0, 0.05) is 30.4 Å². The minimum Gasteiger partial charge on any atom is -0.444 e. The Labute approximate surface area is 263 Å². The molecular formula is C35H53N5O4. The lowest BCUT2D eigenvalue weighted by molar-refractivity contribution is 0.0513.